The van der Waals surface area contributed by atoms with Gasteiger partial charge in [0.05, 0.1) is 4.47 Å². The highest BCUT2D eigenvalue weighted by Crippen LogP contribution is 2.34. The molecule has 0 aromatic heterocycles. The number of hydrogen-bond donors (Lipinski definition) is 1. The normalized spacial score (nSPS) is 11.1. The Balaban J connectivity index is 1.44. The van der Waals surface area contributed by atoms with Crippen molar-refractivity contribution in [3.63, 3.8) is 0 Å². The summed E-state index contributed by atoms with van der Waals surface area (Å²) in [5, 5.41) is 5.16. The van der Waals surface area contributed by atoms with Crippen molar-refractivity contribution in [3.05, 3.63) is 39.3 Å². The predicted octanol–water partition coefficient (Wildman–Crippen LogP) is 9.34. The fourth-order valence-electron chi connectivity index (χ4n) is 4.10. The number of unbranched alkanes of at least 4 members (excludes halogenated alkanes) is 13. The monoisotopic (exact) mass is 581 g/mol. The fraction of sp³-hybridized carbons (Fsp3) is 0.607. The first kappa shape index (κ1) is 28.2. The average Bonchev–Trinajstić information content (AvgIpc) is 2.81. The quantitative estimate of drug-likeness (QED) is 0.178. The Morgan fingerprint density at radius 1 is 0.788 bits per heavy atom. The van der Waals surface area contributed by atoms with Gasteiger partial charge in [0.15, 0.2) is 6.61 Å². The second-order valence-corrected chi connectivity index (χ2v) is 10.7. The van der Waals surface area contributed by atoms with Crippen LogP contribution >= 0.6 is 31.9 Å². The molecule has 0 spiro atoms. The predicted molar refractivity (Wildman–Crippen MR) is 148 cm³/mol. The number of nitrogens with one attached hydrogen (secondary N) is 1. The molecule has 0 aliphatic rings. The lowest BCUT2D eigenvalue weighted by Gasteiger charge is -2.11. The summed E-state index contributed by atoms with van der Waals surface area (Å²) >= 11 is 7.10. The van der Waals surface area contributed by atoms with Gasteiger partial charge in [0.2, 0.25) is 0 Å². The summed E-state index contributed by atoms with van der Waals surface area (Å²) in [6.07, 6.45) is 18.8. The Kier molecular flexibility index (Phi) is 14.8. The van der Waals surface area contributed by atoms with Gasteiger partial charge in [0, 0.05) is 11.0 Å². The first-order valence-corrected chi connectivity index (χ1v) is 14.5. The summed E-state index contributed by atoms with van der Waals surface area (Å²) in [5.41, 5.74) is 0. The zero-order chi connectivity index (χ0) is 23.7. The Hall–Kier alpha value is -1.07. The molecule has 0 saturated carbocycles. The molecule has 0 radical (unpaired) electrons. The highest BCUT2D eigenvalue weighted by atomic mass is 79.9. The van der Waals surface area contributed by atoms with Crippen LogP contribution in [0.1, 0.15) is 96.8 Å². The van der Waals surface area contributed by atoms with E-state index in [9.17, 15) is 4.79 Å². The fourth-order valence-corrected chi connectivity index (χ4v) is 5.08. The number of carbonyl (C=O) groups is 1. The van der Waals surface area contributed by atoms with Gasteiger partial charge in [-0.15, -0.1) is 0 Å². The molecule has 0 heterocycles. The first-order valence-electron chi connectivity index (χ1n) is 12.9. The average molecular weight is 583 g/mol. The molecule has 3 nitrogen and oxygen atoms in total. The van der Waals surface area contributed by atoms with Gasteiger partial charge >= 0.3 is 0 Å². The standard InChI is InChI=1S/C28H41Br2NO2/c1-2-3-4-5-6-7-8-9-10-11-12-13-14-15-20-31-27(32)22-33-26-19-16-23-21-24(29)17-18-25(23)28(26)30/h16-19,21H,2-15,20,22H2,1H3,(H,31,32). The maximum Gasteiger partial charge on any atom is 0.257 e. The van der Waals surface area contributed by atoms with Crippen molar-refractivity contribution in [3.8, 4) is 5.75 Å². The molecule has 5 heteroatoms. The minimum absolute atomic E-state index is 0.0409. The minimum Gasteiger partial charge on any atom is -0.483 e. The Bertz CT molecular complexity index is 825. The highest BCUT2D eigenvalue weighted by Gasteiger charge is 2.09. The van der Waals surface area contributed by atoms with Crippen LogP contribution in [-0.2, 0) is 4.79 Å². The van der Waals surface area contributed by atoms with Crippen LogP contribution in [0.15, 0.2) is 39.3 Å². The van der Waals surface area contributed by atoms with E-state index >= 15 is 0 Å². The van der Waals surface area contributed by atoms with E-state index < -0.39 is 0 Å². The van der Waals surface area contributed by atoms with Crippen molar-refractivity contribution in [1.29, 1.82) is 0 Å². The first-order chi connectivity index (χ1) is 16.1. The van der Waals surface area contributed by atoms with E-state index in [0.29, 0.717) is 5.75 Å². The number of carbonyl (C=O) groups excluding carboxylic acids is 1. The Morgan fingerprint density at radius 3 is 1.97 bits per heavy atom. The molecule has 0 saturated heterocycles. The van der Waals surface area contributed by atoms with E-state index in [1.165, 1.54) is 83.5 Å². The van der Waals surface area contributed by atoms with Crippen molar-refractivity contribution in [2.75, 3.05) is 13.2 Å². The maximum absolute atomic E-state index is 12.1. The second-order valence-electron chi connectivity index (χ2n) is 8.98. The van der Waals surface area contributed by atoms with Crippen LogP contribution in [-0.4, -0.2) is 19.1 Å². The molecular formula is C28H41Br2NO2. The molecule has 1 N–H and O–H groups in total. The minimum atomic E-state index is -0.0625. The number of halogens is 2. The molecule has 2 aromatic rings. The molecule has 184 valence electrons. The van der Waals surface area contributed by atoms with Crippen molar-refractivity contribution in [2.45, 2.75) is 96.8 Å². The van der Waals surface area contributed by atoms with E-state index in [0.717, 1.165) is 32.7 Å². The van der Waals surface area contributed by atoms with Gasteiger partial charge in [-0.1, -0.05) is 118 Å². The van der Waals surface area contributed by atoms with Crippen LogP contribution < -0.4 is 10.1 Å². The lowest BCUT2D eigenvalue weighted by molar-refractivity contribution is -0.123. The molecule has 0 aliphatic heterocycles. The number of benzene rings is 2. The van der Waals surface area contributed by atoms with Crippen LogP contribution in [0.5, 0.6) is 5.75 Å². The number of fused-ring (bicyclic) bond motifs is 1. The van der Waals surface area contributed by atoms with Crippen LogP contribution in [0.4, 0.5) is 0 Å². The molecule has 1 amide bonds. The molecule has 0 fully saturated rings. The van der Waals surface area contributed by atoms with Crippen LogP contribution in [0.25, 0.3) is 10.8 Å². The van der Waals surface area contributed by atoms with Crippen LogP contribution in [0, 0.1) is 0 Å². The topological polar surface area (TPSA) is 38.3 Å². The third kappa shape index (κ3) is 11.8. The van der Waals surface area contributed by atoms with E-state index in [1.807, 2.05) is 24.3 Å². The second kappa shape index (κ2) is 17.4. The molecule has 2 aromatic carbocycles. The largest absolute Gasteiger partial charge is 0.483 e. The molecule has 0 bridgehead atoms. The number of amides is 1. The Morgan fingerprint density at radius 2 is 1.36 bits per heavy atom. The Labute approximate surface area is 217 Å². The van der Waals surface area contributed by atoms with E-state index in [1.54, 1.807) is 0 Å². The summed E-state index contributed by atoms with van der Waals surface area (Å²) in [5.74, 6) is 0.629. The van der Waals surface area contributed by atoms with Crippen molar-refractivity contribution < 1.29 is 9.53 Å². The van der Waals surface area contributed by atoms with Gasteiger partial charge in [-0.2, -0.15) is 0 Å². The zero-order valence-corrected chi connectivity index (χ0v) is 23.4. The summed E-state index contributed by atoms with van der Waals surface area (Å²) in [7, 11) is 0. The zero-order valence-electron chi connectivity index (χ0n) is 20.3. The third-order valence-corrected chi connectivity index (χ3v) is 7.40. The van der Waals surface area contributed by atoms with Gasteiger partial charge in [0.1, 0.15) is 5.75 Å². The van der Waals surface area contributed by atoms with Gasteiger partial charge < -0.3 is 10.1 Å². The SMILES string of the molecule is CCCCCCCCCCCCCCCCNC(=O)COc1ccc2cc(Br)ccc2c1Br. The molecule has 0 unspecified atom stereocenters. The van der Waals surface area contributed by atoms with Crippen LogP contribution in [0.3, 0.4) is 0 Å². The molecule has 33 heavy (non-hydrogen) atoms. The summed E-state index contributed by atoms with van der Waals surface area (Å²) < 4.78 is 7.66. The van der Waals surface area contributed by atoms with Crippen LogP contribution in [0.2, 0.25) is 0 Å². The summed E-state index contributed by atoms with van der Waals surface area (Å²) in [4.78, 5) is 12.1. The van der Waals surface area contributed by atoms with Gasteiger partial charge in [0.25, 0.3) is 5.91 Å². The number of hydrogen-bond acceptors (Lipinski definition) is 2. The molecule has 0 atom stereocenters. The van der Waals surface area contributed by atoms with E-state index in [-0.39, 0.29) is 12.5 Å². The van der Waals surface area contributed by atoms with Gasteiger partial charge in [-0.3, -0.25) is 4.79 Å². The van der Waals surface area contributed by atoms with Gasteiger partial charge in [-0.05, 0) is 51.3 Å². The number of ether oxygens (including phenoxy) is 1. The van der Waals surface area contributed by atoms with Gasteiger partial charge in [-0.25, -0.2) is 0 Å². The number of rotatable bonds is 18. The van der Waals surface area contributed by atoms with E-state index in [4.69, 9.17) is 4.74 Å². The smallest absolute Gasteiger partial charge is 0.257 e. The molecule has 0 aliphatic carbocycles. The highest BCUT2D eigenvalue weighted by molar-refractivity contribution is 9.11. The van der Waals surface area contributed by atoms with Crippen molar-refractivity contribution in [2.24, 2.45) is 0 Å². The summed E-state index contributed by atoms with van der Waals surface area (Å²) in [6, 6.07) is 10.0. The molecule has 2 rings (SSSR count). The van der Waals surface area contributed by atoms with Crippen molar-refractivity contribution in [1.82, 2.24) is 5.32 Å². The van der Waals surface area contributed by atoms with Crippen molar-refractivity contribution >= 4 is 48.5 Å². The lowest BCUT2D eigenvalue weighted by Crippen LogP contribution is -2.29. The maximum atomic E-state index is 12.1. The third-order valence-electron chi connectivity index (χ3n) is 6.09. The molecular weight excluding hydrogens is 542 g/mol. The lowest BCUT2D eigenvalue weighted by atomic mass is 10.0. The summed E-state index contributed by atoms with van der Waals surface area (Å²) in [6.45, 7) is 3.05. The van der Waals surface area contributed by atoms with E-state index in [2.05, 4.69) is 50.2 Å².